The second kappa shape index (κ2) is 11.8. The summed E-state index contributed by atoms with van der Waals surface area (Å²) in [4.78, 5) is 24.1. The lowest BCUT2D eigenvalue weighted by atomic mass is 10.1. The van der Waals surface area contributed by atoms with Gasteiger partial charge < -0.3 is 14.8 Å². The SMILES string of the molecule is COc1ccc(/C=N/NC(=O)C(=O)Nc2cc(C(F)(F)F)ccc2Cl)cc1COc1ccccc1Cl. The van der Waals surface area contributed by atoms with Crippen LogP contribution in [0.25, 0.3) is 0 Å². The molecule has 7 nitrogen and oxygen atoms in total. The highest BCUT2D eigenvalue weighted by Crippen LogP contribution is 2.33. The molecule has 0 saturated carbocycles. The summed E-state index contributed by atoms with van der Waals surface area (Å²) in [6.07, 6.45) is -3.38. The Kier molecular flexibility index (Phi) is 8.78. The molecule has 0 unspecified atom stereocenters. The average molecular weight is 540 g/mol. The Morgan fingerprint density at radius 2 is 1.72 bits per heavy atom. The van der Waals surface area contributed by atoms with Gasteiger partial charge >= 0.3 is 18.0 Å². The summed E-state index contributed by atoms with van der Waals surface area (Å²) in [5.41, 5.74) is 1.80. The smallest absolute Gasteiger partial charge is 0.416 e. The van der Waals surface area contributed by atoms with Gasteiger partial charge in [-0.25, -0.2) is 5.43 Å². The van der Waals surface area contributed by atoms with Gasteiger partial charge in [0.25, 0.3) is 0 Å². The molecule has 3 aromatic rings. The van der Waals surface area contributed by atoms with Crippen LogP contribution in [0.5, 0.6) is 11.5 Å². The molecule has 0 aliphatic carbocycles. The second-order valence-corrected chi connectivity index (χ2v) is 7.95. The summed E-state index contributed by atoms with van der Waals surface area (Å²) in [7, 11) is 1.50. The van der Waals surface area contributed by atoms with E-state index in [1.54, 1.807) is 42.5 Å². The minimum atomic E-state index is -4.65. The zero-order valence-electron chi connectivity index (χ0n) is 18.5. The van der Waals surface area contributed by atoms with E-state index < -0.39 is 23.6 Å². The maximum Gasteiger partial charge on any atom is 0.416 e. The summed E-state index contributed by atoms with van der Waals surface area (Å²) in [5.74, 6) is -1.44. The summed E-state index contributed by atoms with van der Waals surface area (Å²) in [6, 6.07) is 14.3. The van der Waals surface area contributed by atoms with E-state index in [2.05, 4.69) is 5.10 Å². The fourth-order valence-electron chi connectivity index (χ4n) is 2.90. The van der Waals surface area contributed by atoms with Gasteiger partial charge in [-0.1, -0.05) is 35.3 Å². The van der Waals surface area contributed by atoms with Crippen LogP contribution in [0.4, 0.5) is 18.9 Å². The van der Waals surface area contributed by atoms with E-state index in [9.17, 15) is 22.8 Å². The van der Waals surface area contributed by atoms with Crippen LogP contribution < -0.4 is 20.2 Å². The molecule has 36 heavy (non-hydrogen) atoms. The number of benzene rings is 3. The van der Waals surface area contributed by atoms with Crippen molar-refractivity contribution in [2.45, 2.75) is 12.8 Å². The van der Waals surface area contributed by atoms with Crippen LogP contribution in [-0.4, -0.2) is 25.1 Å². The molecule has 0 heterocycles. The lowest BCUT2D eigenvalue weighted by Crippen LogP contribution is -2.32. The third-order valence-corrected chi connectivity index (χ3v) is 5.29. The number of para-hydroxylation sites is 1. The summed E-state index contributed by atoms with van der Waals surface area (Å²) >= 11 is 11.9. The number of nitrogens with one attached hydrogen (secondary N) is 2. The van der Waals surface area contributed by atoms with Crippen molar-refractivity contribution >= 4 is 46.9 Å². The van der Waals surface area contributed by atoms with Crippen molar-refractivity contribution in [3.8, 4) is 11.5 Å². The molecular weight excluding hydrogens is 522 g/mol. The van der Waals surface area contributed by atoms with Crippen molar-refractivity contribution in [1.82, 2.24) is 5.43 Å². The van der Waals surface area contributed by atoms with Gasteiger partial charge in [-0.2, -0.15) is 18.3 Å². The molecule has 188 valence electrons. The summed E-state index contributed by atoms with van der Waals surface area (Å²) in [6.45, 7) is 0.126. The normalized spacial score (nSPS) is 11.3. The van der Waals surface area contributed by atoms with E-state index >= 15 is 0 Å². The summed E-state index contributed by atoms with van der Waals surface area (Å²) in [5, 5.41) is 6.02. The zero-order valence-corrected chi connectivity index (χ0v) is 20.0. The lowest BCUT2D eigenvalue weighted by molar-refractivity contribution is -0.137. The molecule has 0 fully saturated rings. The number of ether oxygens (including phenoxy) is 2. The second-order valence-electron chi connectivity index (χ2n) is 7.14. The number of methoxy groups -OCH3 is 1. The van der Waals surface area contributed by atoms with E-state index in [0.29, 0.717) is 33.7 Å². The third kappa shape index (κ3) is 7.12. The first-order valence-electron chi connectivity index (χ1n) is 10.1. The molecule has 0 aliphatic rings. The topological polar surface area (TPSA) is 89.0 Å². The first-order valence-corrected chi connectivity index (χ1v) is 10.9. The monoisotopic (exact) mass is 539 g/mol. The van der Waals surface area contributed by atoms with Gasteiger partial charge in [0.1, 0.15) is 18.1 Å². The molecule has 0 atom stereocenters. The number of anilines is 1. The van der Waals surface area contributed by atoms with E-state index in [4.69, 9.17) is 32.7 Å². The predicted octanol–water partition coefficient (Wildman–Crippen LogP) is 5.69. The number of alkyl halides is 3. The van der Waals surface area contributed by atoms with Crippen LogP contribution in [0.3, 0.4) is 0 Å². The van der Waals surface area contributed by atoms with Crippen molar-refractivity contribution in [2.75, 3.05) is 12.4 Å². The molecule has 0 radical (unpaired) electrons. The largest absolute Gasteiger partial charge is 0.496 e. The van der Waals surface area contributed by atoms with E-state index in [1.165, 1.54) is 13.3 Å². The minimum Gasteiger partial charge on any atom is -0.496 e. The van der Waals surface area contributed by atoms with E-state index in [-0.39, 0.29) is 17.3 Å². The standard InChI is InChI=1S/C24H18Cl2F3N3O4/c1-35-20-9-6-14(10-15(20)13-36-21-5-3-2-4-18(21)26)12-30-32-23(34)22(33)31-19-11-16(24(27,28)29)7-8-17(19)25/h2-12H,13H2,1H3,(H,31,33)(H,32,34)/b30-12+. The number of halogens is 5. The Bertz CT molecular complexity index is 1300. The summed E-state index contributed by atoms with van der Waals surface area (Å²) < 4.78 is 49.7. The number of carbonyl (C=O) groups excluding carboxylic acids is 2. The van der Waals surface area contributed by atoms with Gasteiger partial charge in [0.2, 0.25) is 0 Å². The molecule has 12 heteroatoms. The number of hydrazone groups is 1. The highest BCUT2D eigenvalue weighted by molar-refractivity contribution is 6.41. The Morgan fingerprint density at radius 3 is 2.42 bits per heavy atom. The number of hydrogen-bond donors (Lipinski definition) is 2. The molecule has 3 rings (SSSR count). The first-order chi connectivity index (χ1) is 17.1. The highest BCUT2D eigenvalue weighted by Gasteiger charge is 2.31. The van der Waals surface area contributed by atoms with E-state index in [0.717, 1.165) is 12.1 Å². The molecule has 0 saturated heterocycles. The van der Waals surface area contributed by atoms with Crippen LogP contribution in [-0.2, 0) is 22.4 Å². The highest BCUT2D eigenvalue weighted by atomic mass is 35.5. The minimum absolute atomic E-state index is 0.126. The predicted molar refractivity (Wildman–Crippen MR) is 130 cm³/mol. The molecule has 0 aliphatic heterocycles. The maximum absolute atomic E-state index is 12.9. The Balaban J connectivity index is 1.63. The van der Waals surface area contributed by atoms with Crippen LogP contribution in [0.2, 0.25) is 10.0 Å². The van der Waals surface area contributed by atoms with Crippen LogP contribution in [0.15, 0.2) is 65.8 Å². The maximum atomic E-state index is 12.9. The van der Waals surface area contributed by atoms with Gasteiger partial charge in [-0.15, -0.1) is 0 Å². The molecular formula is C24H18Cl2F3N3O4. The van der Waals surface area contributed by atoms with Gasteiger partial charge in [0.15, 0.2) is 0 Å². The van der Waals surface area contributed by atoms with Crippen molar-refractivity contribution < 1.29 is 32.2 Å². The third-order valence-electron chi connectivity index (χ3n) is 4.65. The fourth-order valence-corrected chi connectivity index (χ4v) is 3.26. The number of carbonyl (C=O) groups is 2. The van der Waals surface area contributed by atoms with Crippen LogP contribution in [0, 0.1) is 0 Å². The Hall–Kier alpha value is -3.76. The number of hydrogen-bond acceptors (Lipinski definition) is 5. The van der Waals surface area contributed by atoms with Gasteiger partial charge in [0.05, 0.1) is 34.6 Å². The van der Waals surface area contributed by atoms with Crippen molar-refractivity contribution in [3.63, 3.8) is 0 Å². The molecule has 3 aromatic carbocycles. The van der Waals surface area contributed by atoms with E-state index in [1.807, 2.05) is 10.7 Å². The Morgan fingerprint density at radius 1 is 0.972 bits per heavy atom. The van der Waals surface area contributed by atoms with Crippen molar-refractivity contribution in [2.24, 2.45) is 5.10 Å². The van der Waals surface area contributed by atoms with Crippen molar-refractivity contribution in [3.05, 3.63) is 87.4 Å². The van der Waals surface area contributed by atoms with Crippen LogP contribution in [0.1, 0.15) is 16.7 Å². The molecule has 0 bridgehead atoms. The van der Waals surface area contributed by atoms with Crippen LogP contribution >= 0.6 is 23.2 Å². The molecule has 2 N–H and O–H groups in total. The average Bonchev–Trinajstić information content (AvgIpc) is 2.84. The number of nitrogens with zero attached hydrogens (tertiary/aromatic N) is 1. The zero-order chi connectivity index (χ0) is 26.3. The van der Waals surface area contributed by atoms with Gasteiger partial charge in [-0.05, 0) is 54.1 Å². The van der Waals surface area contributed by atoms with Crippen molar-refractivity contribution in [1.29, 1.82) is 0 Å². The van der Waals surface area contributed by atoms with Gasteiger partial charge in [-0.3, -0.25) is 9.59 Å². The molecule has 2 amide bonds. The molecule has 0 spiro atoms. The Labute approximate surface area is 213 Å². The lowest BCUT2D eigenvalue weighted by Gasteiger charge is -2.12. The fraction of sp³-hybridized carbons (Fsp3) is 0.125. The molecule has 0 aromatic heterocycles. The first kappa shape index (κ1) is 26.8. The number of amides is 2. The number of rotatable bonds is 7. The quantitative estimate of drug-likeness (QED) is 0.229. The van der Waals surface area contributed by atoms with Gasteiger partial charge in [0, 0.05) is 5.56 Å².